The van der Waals surface area contributed by atoms with Crippen molar-refractivity contribution >= 4 is 0 Å². The zero-order valence-electron chi connectivity index (χ0n) is 14.5. The van der Waals surface area contributed by atoms with Gasteiger partial charge in [0.25, 0.3) is 0 Å². The number of nitrogens with zero attached hydrogens (tertiary/aromatic N) is 2. The summed E-state index contributed by atoms with van der Waals surface area (Å²) in [6, 6.07) is 2.62. The summed E-state index contributed by atoms with van der Waals surface area (Å²) in [5.41, 5.74) is 1.69. The Balaban J connectivity index is 2.02. The zero-order valence-corrected chi connectivity index (χ0v) is 14.5. The van der Waals surface area contributed by atoms with Crippen LogP contribution in [0.2, 0.25) is 0 Å². The van der Waals surface area contributed by atoms with Gasteiger partial charge in [0.15, 0.2) is 0 Å². The van der Waals surface area contributed by atoms with Gasteiger partial charge in [0.2, 0.25) is 0 Å². The monoisotopic (exact) mass is 291 g/mol. The van der Waals surface area contributed by atoms with Crippen LogP contribution in [0.3, 0.4) is 0 Å². The molecular weight excluding hydrogens is 258 g/mol. The van der Waals surface area contributed by atoms with E-state index in [0.29, 0.717) is 11.5 Å². The maximum Gasteiger partial charge on any atom is 0.0796 e. The molecule has 3 nitrogen and oxygen atoms in total. The van der Waals surface area contributed by atoms with E-state index < -0.39 is 0 Å². The molecule has 0 amide bonds. The molecule has 1 N–H and O–H groups in total. The lowest BCUT2D eigenvalue weighted by atomic mass is 9.68. The predicted octanol–water partition coefficient (Wildman–Crippen LogP) is 4.31. The van der Waals surface area contributed by atoms with Crippen LogP contribution in [0.15, 0.2) is 12.3 Å². The van der Waals surface area contributed by atoms with Crippen molar-refractivity contribution in [3.8, 4) is 0 Å². The Bertz CT molecular complexity index is 422. The first-order valence-corrected chi connectivity index (χ1v) is 8.64. The number of aromatic nitrogens is 2. The summed E-state index contributed by atoms with van der Waals surface area (Å²) in [5, 5.41) is 8.41. The molecule has 1 aliphatic carbocycles. The molecule has 2 rings (SSSR count). The van der Waals surface area contributed by atoms with E-state index in [0.717, 1.165) is 18.4 Å². The molecule has 0 saturated heterocycles. The lowest BCUT2D eigenvalue weighted by molar-refractivity contribution is 0.131. The summed E-state index contributed by atoms with van der Waals surface area (Å²) in [6.07, 6.45) is 8.65. The van der Waals surface area contributed by atoms with Crippen molar-refractivity contribution in [1.29, 1.82) is 0 Å². The van der Waals surface area contributed by atoms with Crippen LogP contribution in [-0.2, 0) is 7.05 Å². The molecule has 0 bridgehead atoms. The zero-order chi connectivity index (χ0) is 15.5. The fourth-order valence-electron chi connectivity index (χ4n) is 3.73. The van der Waals surface area contributed by atoms with Gasteiger partial charge in [0.1, 0.15) is 0 Å². The summed E-state index contributed by atoms with van der Waals surface area (Å²) in [6.45, 7) is 10.5. The first kappa shape index (κ1) is 16.5. The largest absolute Gasteiger partial charge is 0.308 e. The summed E-state index contributed by atoms with van der Waals surface area (Å²) in [5.74, 6) is 1.62. The minimum Gasteiger partial charge on any atom is -0.308 e. The average molecular weight is 291 g/mol. The molecule has 1 aliphatic rings. The molecule has 0 aromatic carbocycles. The molecule has 1 atom stereocenters. The number of hydrogen-bond donors (Lipinski definition) is 1. The third-order valence-electron chi connectivity index (χ3n) is 5.14. The van der Waals surface area contributed by atoms with Gasteiger partial charge in [-0.15, -0.1) is 0 Å². The van der Waals surface area contributed by atoms with E-state index in [1.807, 2.05) is 11.7 Å². The number of nitrogens with one attached hydrogen (secondary N) is 1. The minimum absolute atomic E-state index is 0.437. The number of hydrogen-bond acceptors (Lipinski definition) is 2. The van der Waals surface area contributed by atoms with Gasteiger partial charge in [-0.25, -0.2) is 0 Å². The van der Waals surface area contributed by atoms with Gasteiger partial charge in [0, 0.05) is 13.2 Å². The van der Waals surface area contributed by atoms with Crippen LogP contribution in [0.25, 0.3) is 0 Å². The number of rotatable bonds is 5. The second-order valence-corrected chi connectivity index (χ2v) is 7.82. The molecule has 3 heteroatoms. The van der Waals surface area contributed by atoms with Gasteiger partial charge in [-0.3, -0.25) is 4.68 Å². The standard InChI is InChI=1S/C18H33N3/c1-6-12-19-17(16-11-13-21(5)20-16)14-7-9-15(10-8-14)18(2,3)4/h11,13-15,17,19H,6-10,12H2,1-5H3. The molecule has 1 saturated carbocycles. The highest BCUT2D eigenvalue weighted by Crippen LogP contribution is 2.43. The maximum atomic E-state index is 4.66. The summed E-state index contributed by atoms with van der Waals surface area (Å²) in [7, 11) is 2.01. The summed E-state index contributed by atoms with van der Waals surface area (Å²) < 4.78 is 1.93. The van der Waals surface area contributed by atoms with Gasteiger partial charge in [0.05, 0.1) is 11.7 Å². The van der Waals surface area contributed by atoms with Crippen LogP contribution < -0.4 is 5.32 Å². The molecule has 1 fully saturated rings. The van der Waals surface area contributed by atoms with Crippen molar-refractivity contribution < 1.29 is 0 Å². The van der Waals surface area contributed by atoms with Crippen LogP contribution in [0.4, 0.5) is 0 Å². The second-order valence-electron chi connectivity index (χ2n) is 7.82. The minimum atomic E-state index is 0.437. The van der Waals surface area contributed by atoms with Crippen LogP contribution >= 0.6 is 0 Å². The van der Waals surface area contributed by atoms with Gasteiger partial charge in [-0.1, -0.05) is 27.7 Å². The molecule has 0 aliphatic heterocycles. The third-order valence-corrected chi connectivity index (χ3v) is 5.14. The quantitative estimate of drug-likeness (QED) is 0.876. The topological polar surface area (TPSA) is 29.9 Å². The Morgan fingerprint density at radius 3 is 2.43 bits per heavy atom. The molecule has 0 spiro atoms. The Morgan fingerprint density at radius 2 is 1.95 bits per heavy atom. The molecule has 1 aromatic rings. The molecule has 21 heavy (non-hydrogen) atoms. The van der Waals surface area contributed by atoms with Gasteiger partial charge in [-0.2, -0.15) is 5.10 Å². The maximum absolute atomic E-state index is 4.66. The fraction of sp³-hybridized carbons (Fsp3) is 0.833. The van der Waals surface area contributed by atoms with Crippen molar-refractivity contribution in [3.05, 3.63) is 18.0 Å². The number of aryl methyl sites for hydroxylation is 1. The van der Waals surface area contributed by atoms with E-state index in [1.54, 1.807) is 0 Å². The van der Waals surface area contributed by atoms with E-state index in [9.17, 15) is 0 Å². The lowest BCUT2D eigenvalue weighted by Crippen LogP contribution is -2.34. The first-order chi connectivity index (χ1) is 9.91. The van der Waals surface area contributed by atoms with Gasteiger partial charge < -0.3 is 5.32 Å². The molecule has 1 unspecified atom stereocenters. The molecule has 1 aromatic heterocycles. The molecule has 0 radical (unpaired) electrons. The third kappa shape index (κ3) is 4.32. The highest BCUT2D eigenvalue weighted by molar-refractivity contribution is 5.08. The van der Waals surface area contributed by atoms with Crippen LogP contribution in [0.5, 0.6) is 0 Å². The Hall–Kier alpha value is -0.830. The van der Waals surface area contributed by atoms with Gasteiger partial charge >= 0.3 is 0 Å². The van der Waals surface area contributed by atoms with E-state index in [1.165, 1.54) is 37.8 Å². The SMILES string of the molecule is CCCNC(c1ccn(C)n1)C1CCC(C(C)(C)C)CC1. The van der Waals surface area contributed by atoms with Crippen molar-refractivity contribution in [2.24, 2.45) is 24.3 Å². The molecular formula is C18H33N3. The van der Waals surface area contributed by atoms with E-state index in [4.69, 9.17) is 0 Å². The predicted molar refractivity (Wildman–Crippen MR) is 89.1 cm³/mol. The summed E-state index contributed by atoms with van der Waals surface area (Å²) in [4.78, 5) is 0. The van der Waals surface area contributed by atoms with Crippen molar-refractivity contribution in [2.45, 2.75) is 65.8 Å². The smallest absolute Gasteiger partial charge is 0.0796 e. The van der Waals surface area contributed by atoms with Crippen LogP contribution in [-0.4, -0.2) is 16.3 Å². The fourth-order valence-corrected chi connectivity index (χ4v) is 3.73. The van der Waals surface area contributed by atoms with E-state index in [2.05, 4.69) is 50.4 Å². The Labute approximate surface area is 130 Å². The van der Waals surface area contributed by atoms with Crippen molar-refractivity contribution in [1.82, 2.24) is 15.1 Å². The van der Waals surface area contributed by atoms with Crippen LogP contribution in [0.1, 0.15) is 71.5 Å². The highest BCUT2D eigenvalue weighted by Gasteiger charge is 2.33. The Morgan fingerprint density at radius 1 is 1.29 bits per heavy atom. The molecule has 120 valence electrons. The first-order valence-electron chi connectivity index (χ1n) is 8.64. The normalized spacial score (nSPS) is 25.0. The average Bonchev–Trinajstić information content (AvgIpc) is 2.85. The van der Waals surface area contributed by atoms with Crippen LogP contribution in [0, 0.1) is 17.3 Å². The Kier molecular flexibility index (Phi) is 5.48. The van der Waals surface area contributed by atoms with E-state index >= 15 is 0 Å². The van der Waals surface area contributed by atoms with Gasteiger partial charge in [-0.05, 0) is 62.0 Å². The van der Waals surface area contributed by atoms with Crippen molar-refractivity contribution in [3.63, 3.8) is 0 Å². The summed E-state index contributed by atoms with van der Waals surface area (Å²) >= 11 is 0. The highest BCUT2D eigenvalue weighted by atomic mass is 15.3. The van der Waals surface area contributed by atoms with E-state index in [-0.39, 0.29) is 0 Å². The van der Waals surface area contributed by atoms with Crippen molar-refractivity contribution in [2.75, 3.05) is 6.54 Å². The molecule has 1 heterocycles. The second kappa shape index (κ2) is 6.95. The lowest BCUT2D eigenvalue weighted by Gasteiger charge is -2.39.